The summed E-state index contributed by atoms with van der Waals surface area (Å²) in [5, 5.41) is 15.4. The first-order valence-corrected chi connectivity index (χ1v) is 10.5. The van der Waals surface area contributed by atoms with Gasteiger partial charge in [0.05, 0.1) is 24.2 Å². The molecule has 2 aliphatic heterocycles. The summed E-state index contributed by atoms with van der Waals surface area (Å²) in [5.41, 5.74) is 0. The predicted octanol–water partition coefficient (Wildman–Crippen LogP) is -0.365. The standard InChI is InChI=1S/C17H25N3O6S.ClH/c21-14-11-18-9-12(14)10-19-17(22)4-5-20-27(23,24)13-2-3-15-16(8-13)26-7-1-6-25-15;/h2-3,8,12,14,18,20-21H,1,4-7,9-11H2,(H,19,22);1H. The van der Waals surface area contributed by atoms with Crippen LogP contribution in [0.4, 0.5) is 0 Å². The van der Waals surface area contributed by atoms with Crippen molar-refractivity contribution in [3.8, 4) is 11.5 Å². The first-order chi connectivity index (χ1) is 13.0. The number of aliphatic hydroxyl groups is 1. The van der Waals surface area contributed by atoms with Crippen LogP contribution in [0, 0.1) is 5.92 Å². The zero-order valence-electron chi connectivity index (χ0n) is 15.3. The van der Waals surface area contributed by atoms with Crippen molar-refractivity contribution < 1.29 is 27.8 Å². The molecular formula is C17H26ClN3O6S. The van der Waals surface area contributed by atoms with Gasteiger partial charge in [0.15, 0.2) is 11.5 Å². The maximum Gasteiger partial charge on any atom is 0.240 e. The van der Waals surface area contributed by atoms with Gasteiger partial charge in [0.2, 0.25) is 15.9 Å². The second-order valence-electron chi connectivity index (χ2n) is 6.60. The number of hydrogen-bond acceptors (Lipinski definition) is 7. The molecule has 2 atom stereocenters. The van der Waals surface area contributed by atoms with E-state index in [0.717, 1.165) is 6.42 Å². The monoisotopic (exact) mass is 435 g/mol. The third kappa shape index (κ3) is 5.95. The van der Waals surface area contributed by atoms with Crippen molar-refractivity contribution >= 4 is 28.3 Å². The highest BCUT2D eigenvalue weighted by Gasteiger charge is 2.25. The van der Waals surface area contributed by atoms with E-state index in [9.17, 15) is 18.3 Å². The highest BCUT2D eigenvalue weighted by molar-refractivity contribution is 7.89. The number of fused-ring (bicyclic) bond motifs is 1. The quantitative estimate of drug-likeness (QED) is 0.460. The van der Waals surface area contributed by atoms with Crippen LogP contribution in [-0.2, 0) is 14.8 Å². The smallest absolute Gasteiger partial charge is 0.240 e. The van der Waals surface area contributed by atoms with E-state index in [2.05, 4.69) is 15.4 Å². The number of halogens is 1. The van der Waals surface area contributed by atoms with Crippen LogP contribution >= 0.6 is 12.4 Å². The predicted molar refractivity (Wildman–Crippen MR) is 104 cm³/mol. The summed E-state index contributed by atoms with van der Waals surface area (Å²) in [5.74, 6) is 0.633. The number of hydrogen-bond donors (Lipinski definition) is 4. The molecule has 1 amide bonds. The van der Waals surface area contributed by atoms with Crippen molar-refractivity contribution in [2.24, 2.45) is 5.92 Å². The molecule has 2 aliphatic rings. The average Bonchev–Trinajstić information content (AvgIpc) is 2.90. The summed E-state index contributed by atoms with van der Waals surface area (Å²) >= 11 is 0. The molecule has 1 aromatic carbocycles. The van der Waals surface area contributed by atoms with Crippen LogP contribution in [0.5, 0.6) is 11.5 Å². The first kappa shape index (κ1) is 22.7. The molecule has 0 radical (unpaired) electrons. The second-order valence-corrected chi connectivity index (χ2v) is 8.36. The summed E-state index contributed by atoms with van der Waals surface area (Å²) in [6.45, 7) is 2.51. The Kier molecular flexibility index (Phi) is 8.32. The van der Waals surface area contributed by atoms with Crippen molar-refractivity contribution in [2.75, 3.05) is 39.4 Å². The zero-order valence-corrected chi connectivity index (χ0v) is 17.0. The van der Waals surface area contributed by atoms with E-state index < -0.39 is 16.1 Å². The zero-order chi connectivity index (χ0) is 19.3. The number of sulfonamides is 1. The van der Waals surface area contributed by atoms with E-state index in [-0.39, 0.29) is 42.1 Å². The van der Waals surface area contributed by atoms with E-state index in [1.54, 1.807) is 6.07 Å². The molecule has 1 fully saturated rings. The van der Waals surface area contributed by atoms with Gasteiger partial charge in [-0.1, -0.05) is 0 Å². The molecule has 4 N–H and O–H groups in total. The van der Waals surface area contributed by atoms with Gasteiger partial charge >= 0.3 is 0 Å². The number of amides is 1. The molecule has 1 aromatic rings. The minimum atomic E-state index is -3.76. The lowest BCUT2D eigenvalue weighted by Crippen LogP contribution is -2.36. The summed E-state index contributed by atoms with van der Waals surface area (Å²) in [6, 6.07) is 4.45. The van der Waals surface area contributed by atoms with Crippen LogP contribution in [0.15, 0.2) is 23.1 Å². The molecule has 0 aromatic heterocycles. The van der Waals surface area contributed by atoms with Crippen molar-refractivity contribution in [2.45, 2.75) is 23.8 Å². The van der Waals surface area contributed by atoms with E-state index in [1.807, 2.05) is 0 Å². The number of rotatable bonds is 7. The Balaban J connectivity index is 0.00000280. The summed E-state index contributed by atoms with van der Waals surface area (Å²) in [4.78, 5) is 11.9. The largest absolute Gasteiger partial charge is 0.490 e. The van der Waals surface area contributed by atoms with Gasteiger partial charge in [-0.2, -0.15) is 0 Å². The SMILES string of the molecule is Cl.O=C(CCNS(=O)(=O)c1ccc2c(c1)OCCCO2)NCC1CNCC1O. The molecule has 0 saturated carbocycles. The molecule has 3 rings (SSSR count). The molecule has 9 nitrogen and oxygen atoms in total. The molecular weight excluding hydrogens is 410 g/mol. The summed E-state index contributed by atoms with van der Waals surface area (Å²) in [7, 11) is -3.76. The maximum atomic E-state index is 12.4. The van der Waals surface area contributed by atoms with Gasteiger partial charge in [-0.05, 0) is 12.1 Å². The van der Waals surface area contributed by atoms with E-state index >= 15 is 0 Å². The number of benzene rings is 1. The van der Waals surface area contributed by atoms with Crippen molar-refractivity contribution in [3.05, 3.63) is 18.2 Å². The Hall–Kier alpha value is -1.59. The van der Waals surface area contributed by atoms with Gasteiger partial charge < -0.3 is 25.2 Å². The topological polar surface area (TPSA) is 126 Å². The molecule has 28 heavy (non-hydrogen) atoms. The Morgan fingerprint density at radius 1 is 1.21 bits per heavy atom. The maximum absolute atomic E-state index is 12.4. The van der Waals surface area contributed by atoms with Crippen molar-refractivity contribution in [1.82, 2.24) is 15.4 Å². The Bertz CT molecular complexity index is 776. The fraction of sp³-hybridized carbons (Fsp3) is 0.588. The fourth-order valence-electron chi connectivity index (χ4n) is 2.95. The molecule has 0 bridgehead atoms. The van der Waals surface area contributed by atoms with Crippen molar-refractivity contribution in [1.29, 1.82) is 0 Å². The van der Waals surface area contributed by atoms with Gasteiger partial charge in [-0.25, -0.2) is 13.1 Å². The van der Waals surface area contributed by atoms with Crippen LogP contribution in [-0.4, -0.2) is 64.9 Å². The first-order valence-electron chi connectivity index (χ1n) is 9.00. The molecule has 0 aliphatic carbocycles. The molecule has 1 saturated heterocycles. The molecule has 2 heterocycles. The average molecular weight is 436 g/mol. The lowest BCUT2D eigenvalue weighted by atomic mass is 10.1. The van der Waals surface area contributed by atoms with Gasteiger partial charge in [0.25, 0.3) is 0 Å². The van der Waals surface area contributed by atoms with E-state index in [0.29, 0.717) is 44.3 Å². The Morgan fingerprint density at radius 2 is 1.96 bits per heavy atom. The highest BCUT2D eigenvalue weighted by atomic mass is 35.5. The van der Waals surface area contributed by atoms with Gasteiger partial charge in [-0.15, -0.1) is 12.4 Å². The van der Waals surface area contributed by atoms with Crippen LogP contribution in [0.25, 0.3) is 0 Å². The lowest BCUT2D eigenvalue weighted by Gasteiger charge is -2.14. The highest BCUT2D eigenvalue weighted by Crippen LogP contribution is 2.31. The number of carbonyl (C=O) groups excluding carboxylic acids is 1. The van der Waals surface area contributed by atoms with Crippen LogP contribution in [0.2, 0.25) is 0 Å². The van der Waals surface area contributed by atoms with Gasteiger partial charge in [0, 0.05) is 51.0 Å². The van der Waals surface area contributed by atoms with Crippen LogP contribution in [0.3, 0.4) is 0 Å². The number of β-amino-alcohol motifs (C(OH)–C–C–N with tert-alkyl or cyclic N) is 1. The fourth-order valence-corrected chi connectivity index (χ4v) is 4.00. The van der Waals surface area contributed by atoms with E-state index in [1.165, 1.54) is 12.1 Å². The normalized spacial score (nSPS) is 21.5. The van der Waals surface area contributed by atoms with Crippen LogP contribution in [0.1, 0.15) is 12.8 Å². The number of aliphatic hydroxyl groups excluding tert-OH is 1. The van der Waals surface area contributed by atoms with E-state index in [4.69, 9.17) is 9.47 Å². The molecule has 2 unspecified atom stereocenters. The summed E-state index contributed by atoms with van der Waals surface area (Å²) in [6.07, 6.45) is 0.279. The number of ether oxygens (including phenoxy) is 2. The number of carbonyl (C=O) groups is 1. The molecule has 11 heteroatoms. The minimum absolute atomic E-state index is 0. The molecule has 158 valence electrons. The summed E-state index contributed by atoms with van der Waals surface area (Å²) < 4.78 is 38.2. The van der Waals surface area contributed by atoms with Gasteiger partial charge in [0.1, 0.15) is 0 Å². The third-order valence-electron chi connectivity index (χ3n) is 4.54. The van der Waals surface area contributed by atoms with Crippen molar-refractivity contribution in [3.63, 3.8) is 0 Å². The van der Waals surface area contributed by atoms with Gasteiger partial charge in [-0.3, -0.25) is 4.79 Å². The Labute approximate surface area is 170 Å². The number of nitrogens with one attached hydrogen (secondary N) is 3. The third-order valence-corrected chi connectivity index (χ3v) is 6.00. The minimum Gasteiger partial charge on any atom is -0.490 e. The second kappa shape index (κ2) is 10.3. The molecule has 0 spiro atoms. The Morgan fingerprint density at radius 3 is 2.68 bits per heavy atom. The lowest BCUT2D eigenvalue weighted by molar-refractivity contribution is -0.121. The van der Waals surface area contributed by atoms with Crippen LogP contribution < -0.4 is 24.8 Å².